The molecule has 0 saturated carbocycles. The van der Waals surface area contributed by atoms with Crippen LogP contribution >= 0.6 is 15.9 Å². The summed E-state index contributed by atoms with van der Waals surface area (Å²) in [6, 6.07) is 3.61. The molecule has 0 aliphatic rings. The van der Waals surface area contributed by atoms with Gasteiger partial charge in [-0.2, -0.15) is 0 Å². The van der Waals surface area contributed by atoms with Crippen LogP contribution in [-0.2, 0) is 0 Å². The smallest absolute Gasteiger partial charge is 0.197 e. The molecular formula is C11H12BrN3O. The summed E-state index contributed by atoms with van der Waals surface area (Å²) in [7, 11) is 0. The van der Waals surface area contributed by atoms with E-state index < -0.39 is 0 Å². The van der Waals surface area contributed by atoms with Crippen LogP contribution < -0.4 is 5.73 Å². The van der Waals surface area contributed by atoms with Crippen molar-refractivity contribution >= 4 is 21.7 Å². The van der Waals surface area contributed by atoms with E-state index in [-0.39, 0.29) is 5.92 Å². The highest BCUT2D eigenvalue weighted by atomic mass is 79.9. The summed E-state index contributed by atoms with van der Waals surface area (Å²) in [6.07, 6.45) is 1.59. The summed E-state index contributed by atoms with van der Waals surface area (Å²) >= 11 is 3.40. The average Bonchev–Trinajstić information content (AvgIpc) is 2.74. The molecule has 2 heterocycles. The molecule has 0 saturated heterocycles. The predicted octanol–water partition coefficient (Wildman–Crippen LogP) is 3.20. The average molecular weight is 282 g/mol. The summed E-state index contributed by atoms with van der Waals surface area (Å²) in [5.41, 5.74) is 6.71. The second-order valence-electron chi connectivity index (χ2n) is 3.76. The molecule has 2 rings (SSSR count). The Morgan fingerprint density at radius 3 is 2.69 bits per heavy atom. The van der Waals surface area contributed by atoms with Gasteiger partial charge in [0.1, 0.15) is 5.82 Å². The summed E-state index contributed by atoms with van der Waals surface area (Å²) < 4.78 is 6.02. The second-order valence-corrected chi connectivity index (χ2v) is 4.56. The van der Waals surface area contributed by atoms with Crippen molar-refractivity contribution in [3.05, 3.63) is 28.6 Å². The lowest BCUT2D eigenvalue weighted by molar-refractivity contribution is 0.576. The van der Waals surface area contributed by atoms with Crippen molar-refractivity contribution in [3.8, 4) is 11.6 Å². The quantitative estimate of drug-likeness (QED) is 0.918. The first kappa shape index (κ1) is 11.1. The van der Waals surface area contributed by atoms with Gasteiger partial charge in [-0.1, -0.05) is 13.8 Å². The number of halogens is 1. The zero-order chi connectivity index (χ0) is 11.7. The topological polar surface area (TPSA) is 64.9 Å². The van der Waals surface area contributed by atoms with Gasteiger partial charge < -0.3 is 10.2 Å². The highest BCUT2D eigenvalue weighted by Crippen LogP contribution is 2.29. The van der Waals surface area contributed by atoms with E-state index in [0.29, 0.717) is 17.4 Å². The van der Waals surface area contributed by atoms with Gasteiger partial charge in [-0.15, -0.1) is 0 Å². The number of nitrogens with zero attached hydrogens (tertiary/aromatic N) is 2. The minimum Gasteiger partial charge on any atom is -0.461 e. The second kappa shape index (κ2) is 4.25. The van der Waals surface area contributed by atoms with E-state index in [1.54, 1.807) is 12.3 Å². The first-order valence-electron chi connectivity index (χ1n) is 4.96. The molecule has 0 aromatic carbocycles. The van der Waals surface area contributed by atoms with Crippen LogP contribution in [-0.4, -0.2) is 9.97 Å². The molecule has 4 nitrogen and oxygen atoms in total. The van der Waals surface area contributed by atoms with Gasteiger partial charge in [0.05, 0.1) is 16.4 Å². The normalized spacial score (nSPS) is 11.0. The lowest BCUT2D eigenvalue weighted by Gasteiger charge is -2.10. The van der Waals surface area contributed by atoms with Crippen LogP contribution in [0.25, 0.3) is 11.6 Å². The fourth-order valence-electron chi connectivity index (χ4n) is 1.38. The fraction of sp³-hybridized carbons (Fsp3) is 0.273. The molecule has 2 aromatic rings. The third kappa shape index (κ3) is 1.95. The third-order valence-corrected chi connectivity index (χ3v) is 3.00. The molecule has 5 heteroatoms. The molecule has 0 radical (unpaired) electrons. The Morgan fingerprint density at radius 2 is 2.12 bits per heavy atom. The molecule has 84 valence electrons. The van der Waals surface area contributed by atoms with E-state index in [0.717, 1.165) is 10.2 Å². The van der Waals surface area contributed by atoms with Crippen molar-refractivity contribution in [3.63, 3.8) is 0 Å². The van der Waals surface area contributed by atoms with E-state index in [9.17, 15) is 0 Å². The first-order chi connectivity index (χ1) is 7.59. The maximum atomic E-state index is 5.83. The Bertz CT molecular complexity index is 494. The Balaban J connectivity index is 2.57. The number of rotatable bonds is 2. The monoisotopic (exact) mass is 281 g/mol. The molecule has 0 aliphatic carbocycles. The highest BCUT2D eigenvalue weighted by molar-refractivity contribution is 9.10. The zero-order valence-electron chi connectivity index (χ0n) is 9.07. The number of anilines is 1. The van der Waals surface area contributed by atoms with Gasteiger partial charge in [0.2, 0.25) is 0 Å². The van der Waals surface area contributed by atoms with Crippen molar-refractivity contribution < 1.29 is 4.42 Å². The van der Waals surface area contributed by atoms with E-state index in [4.69, 9.17) is 10.2 Å². The van der Waals surface area contributed by atoms with Crippen LogP contribution in [0.15, 0.2) is 27.3 Å². The van der Waals surface area contributed by atoms with Crippen molar-refractivity contribution in [2.75, 3.05) is 5.73 Å². The number of aromatic nitrogens is 2. The van der Waals surface area contributed by atoms with Crippen molar-refractivity contribution in [1.29, 1.82) is 0 Å². The minimum absolute atomic E-state index is 0.272. The fourth-order valence-corrected chi connectivity index (χ4v) is 2.02. The summed E-state index contributed by atoms with van der Waals surface area (Å²) in [6.45, 7) is 4.11. The number of nitrogens with two attached hydrogens (primary N) is 1. The van der Waals surface area contributed by atoms with Gasteiger partial charge in [0, 0.05) is 0 Å². The zero-order valence-corrected chi connectivity index (χ0v) is 10.7. The molecule has 0 bridgehead atoms. The van der Waals surface area contributed by atoms with Crippen LogP contribution in [0.3, 0.4) is 0 Å². The van der Waals surface area contributed by atoms with E-state index in [1.807, 2.05) is 6.07 Å². The minimum atomic E-state index is 0.272. The lowest BCUT2D eigenvalue weighted by atomic mass is 10.1. The van der Waals surface area contributed by atoms with Crippen molar-refractivity contribution in [1.82, 2.24) is 9.97 Å². The number of hydrogen-bond donors (Lipinski definition) is 1. The summed E-state index contributed by atoms with van der Waals surface area (Å²) in [4.78, 5) is 8.63. The van der Waals surface area contributed by atoms with Crippen LogP contribution in [0.4, 0.5) is 5.82 Å². The Labute approximate surface area is 102 Å². The Morgan fingerprint density at radius 1 is 1.38 bits per heavy atom. The van der Waals surface area contributed by atoms with Crippen LogP contribution in [0.1, 0.15) is 25.5 Å². The SMILES string of the molecule is CC(C)c1nc(-c2ccco2)nc(N)c1Br. The largest absolute Gasteiger partial charge is 0.461 e. The number of furan rings is 1. The highest BCUT2D eigenvalue weighted by Gasteiger charge is 2.15. The molecule has 16 heavy (non-hydrogen) atoms. The third-order valence-electron chi connectivity index (χ3n) is 2.19. The summed E-state index contributed by atoms with van der Waals surface area (Å²) in [5, 5.41) is 0. The van der Waals surface area contributed by atoms with Gasteiger partial charge in [-0.25, -0.2) is 9.97 Å². The van der Waals surface area contributed by atoms with Gasteiger partial charge in [0.25, 0.3) is 0 Å². The van der Waals surface area contributed by atoms with Crippen LogP contribution in [0, 0.1) is 0 Å². The first-order valence-corrected chi connectivity index (χ1v) is 5.75. The van der Waals surface area contributed by atoms with E-state index in [2.05, 4.69) is 39.7 Å². The maximum Gasteiger partial charge on any atom is 0.197 e. The summed E-state index contributed by atoms with van der Waals surface area (Å²) in [5.74, 6) is 1.86. The Kier molecular flexibility index (Phi) is 2.96. The molecule has 2 N–H and O–H groups in total. The van der Waals surface area contributed by atoms with E-state index in [1.165, 1.54) is 0 Å². The molecule has 0 aliphatic heterocycles. The van der Waals surface area contributed by atoms with Crippen LogP contribution in [0.2, 0.25) is 0 Å². The van der Waals surface area contributed by atoms with Gasteiger partial charge in [0.15, 0.2) is 11.6 Å². The van der Waals surface area contributed by atoms with Gasteiger partial charge in [-0.05, 0) is 34.0 Å². The molecule has 0 fully saturated rings. The molecule has 0 unspecified atom stereocenters. The molecular weight excluding hydrogens is 270 g/mol. The maximum absolute atomic E-state index is 5.83. The number of hydrogen-bond acceptors (Lipinski definition) is 4. The molecule has 0 amide bonds. The Hall–Kier alpha value is -1.36. The predicted molar refractivity (Wildman–Crippen MR) is 65.9 cm³/mol. The van der Waals surface area contributed by atoms with Crippen molar-refractivity contribution in [2.24, 2.45) is 0 Å². The lowest BCUT2D eigenvalue weighted by Crippen LogP contribution is -2.03. The molecule has 0 spiro atoms. The standard InChI is InChI=1S/C11H12BrN3O/c1-6(2)9-8(12)10(13)15-11(14-9)7-4-3-5-16-7/h3-6H,1-2H3,(H2,13,14,15). The van der Waals surface area contributed by atoms with Crippen molar-refractivity contribution in [2.45, 2.75) is 19.8 Å². The van der Waals surface area contributed by atoms with Crippen LogP contribution in [0.5, 0.6) is 0 Å². The molecule has 2 aromatic heterocycles. The number of nitrogen functional groups attached to an aromatic ring is 1. The van der Waals surface area contributed by atoms with E-state index >= 15 is 0 Å². The van der Waals surface area contributed by atoms with Gasteiger partial charge >= 0.3 is 0 Å². The van der Waals surface area contributed by atoms with Gasteiger partial charge in [-0.3, -0.25) is 0 Å². The molecule has 0 atom stereocenters.